The average molecular weight is 188 g/mol. The van der Waals surface area contributed by atoms with Gasteiger partial charge in [0.1, 0.15) is 0 Å². The second kappa shape index (κ2) is 3.63. The summed E-state index contributed by atoms with van der Waals surface area (Å²) >= 11 is 5.25. The van der Waals surface area contributed by atoms with E-state index in [1.165, 1.54) is 0 Å². The van der Waals surface area contributed by atoms with Crippen LogP contribution in [0.15, 0.2) is 0 Å². The summed E-state index contributed by atoms with van der Waals surface area (Å²) in [6.45, 7) is 1.88. The van der Waals surface area contributed by atoms with Gasteiger partial charge in [0.05, 0.1) is 0 Å². The van der Waals surface area contributed by atoms with Crippen LogP contribution in [0, 0.1) is 18.3 Å². The van der Waals surface area contributed by atoms with E-state index in [1.807, 2.05) is 14.1 Å². The van der Waals surface area contributed by atoms with E-state index in [4.69, 9.17) is 17.6 Å². The lowest BCUT2D eigenvalue weighted by Gasteiger charge is -2.34. The summed E-state index contributed by atoms with van der Waals surface area (Å²) < 4.78 is 4.26. The van der Waals surface area contributed by atoms with Gasteiger partial charge in [0.25, 0.3) is 0 Å². The standard InChI is InChI=1S/C7H12N2S2/c1-4-7-5-8(2)11(10)9(3)6-7/h1,7H,5-6H2,2-3H3. The van der Waals surface area contributed by atoms with Crippen LogP contribution in [0.3, 0.4) is 0 Å². The van der Waals surface area contributed by atoms with Crippen molar-refractivity contribution in [3.63, 3.8) is 0 Å². The molecule has 0 atom stereocenters. The highest BCUT2D eigenvalue weighted by Crippen LogP contribution is 2.12. The SMILES string of the molecule is C#CC1CN(C)S(=S)N(C)C1. The number of nitrogens with zero attached hydrogens (tertiary/aromatic N) is 2. The second-order valence-electron chi connectivity index (χ2n) is 2.72. The number of rotatable bonds is 0. The lowest BCUT2D eigenvalue weighted by Crippen LogP contribution is -2.45. The third kappa shape index (κ3) is 2.00. The first-order valence-electron chi connectivity index (χ1n) is 3.45. The van der Waals surface area contributed by atoms with Crippen LogP contribution >= 0.6 is 0 Å². The highest BCUT2D eigenvalue weighted by Gasteiger charge is 2.22. The molecule has 0 radical (unpaired) electrons. The summed E-state index contributed by atoms with van der Waals surface area (Å²) in [4.78, 5) is 0. The van der Waals surface area contributed by atoms with Crippen molar-refractivity contribution in [3.8, 4) is 12.3 Å². The van der Waals surface area contributed by atoms with Crippen LogP contribution in [0.1, 0.15) is 0 Å². The Morgan fingerprint density at radius 2 is 1.91 bits per heavy atom. The van der Waals surface area contributed by atoms with Crippen molar-refractivity contribution < 1.29 is 0 Å². The number of hydrogen-bond acceptors (Lipinski definition) is 1. The van der Waals surface area contributed by atoms with Gasteiger partial charge in [-0.15, -0.1) is 12.3 Å². The maximum atomic E-state index is 5.34. The number of hydrogen-bond donors (Lipinski definition) is 0. The summed E-state index contributed by atoms with van der Waals surface area (Å²) in [7, 11) is 3.90. The van der Waals surface area contributed by atoms with E-state index in [2.05, 4.69) is 14.5 Å². The van der Waals surface area contributed by atoms with Crippen molar-refractivity contribution in [2.24, 2.45) is 5.92 Å². The van der Waals surface area contributed by atoms with Gasteiger partial charge in [-0.1, -0.05) is 0 Å². The van der Waals surface area contributed by atoms with E-state index in [1.54, 1.807) is 0 Å². The van der Waals surface area contributed by atoms with Crippen molar-refractivity contribution in [3.05, 3.63) is 0 Å². The van der Waals surface area contributed by atoms with Gasteiger partial charge < -0.3 is 0 Å². The third-order valence-electron chi connectivity index (χ3n) is 1.72. The van der Waals surface area contributed by atoms with Crippen LogP contribution in [-0.2, 0) is 21.0 Å². The summed E-state index contributed by atoms with van der Waals surface area (Å²) in [6, 6.07) is 0. The minimum Gasteiger partial charge on any atom is -0.237 e. The molecule has 2 nitrogen and oxygen atoms in total. The molecule has 62 valence electrons. The Morgan fingerprint density at radius 3 is 2.27 bits per heavy atom. The van der Waals surface area contributed by atoms with Crippen molar-refractivity contribution in [1.82, 2.24) is 8.61 Å². The molecule has 0 aliphatic carbocycles. The Bertz CT molecular complexity index is 195. The molecule has 0 spiro atoms. The van der Waals surface area contributed by atoms with E-state index in [-0.39, 0.29) is 9.83 Å². The smallest absolute Gasteiger partial charge is 0.0474 e. The van der Waals surface area contributed by atoms with Gasteiger partial charge in [0.15, 0.2) is 0 Å². The molecule has 1 aliphatic heterocycles. The molecule has 0 bridgehead atoms. The van der Waals surface area contributed by atoms with Crippen molar-refractivity contribution in [2.45, 2.75) is 0 Å². The molecule has 1 aliphatic rings. The topological polar surface area (TPSA) is 6.48 Å². The van der Waals surface area contributed by atoms with E-state index in [0.717, 1.165) is 13.1 Å². The zero-order valence-corrected chi connectivity index (χ0v) is 8.41. The molecule has 1 fully saturated rings. The van der Waals surface area contributed by atoms with Crippen LogP contribution in [0.5, 0.6) is 0 Å². The van der Waals surface area contributed by atoms with Crippen LogP contribution in [-0.4, -0.2) is 35.8 Å². The second-order valence-corrected chi connectivity index (χ2v) is 5.32. The van der Waals surface area contributed by atoms with Crippen LogP contribution < -0.4 is 0 Å². The molecular weight excluding hydrogens is 176 g/mol. The first kappa shape index (κ1) is 9.14. The van der Waals surface area contributed by atoms with Crippen LogP contribution in [0.4, 0.5) is 0 Å². The van der Waals surface area contributed by atoms with Gasteiger partial charge in [-0.05, 0) is 25.3 Å². The Morgan fingerprint density at radius 1 is 1.45 bits per heavy atom. The highest BCUT2D eigenvalue weighted by molar-refractivity contribution is 8.26. The Labute approximate surface area is 75.4 Å². The van der Waals surface area contributed by atoms with Gasteiger partial charge >= 0.3 is 0 Å². The highest BCUT2D eigenvalue weighted by atomic mass is 32.8. The molecule has 0 unspecified atom stereocenters. The van der Waals surface area contributed by atoms with E-state index in [0.29, 0.717) is 5.92 Å². The minimum absolute atomic E-state index is 0.148. The van der Waals surface area contributed by atoms with Crippen molar-refractivity contribution in [1.29, 1.82) is 0 Å². The molecule has 0 amide bonds. The molecule has 1 rings (SSSR count). The molecular formula is C7H12N2S2. The zero-order chi connectivity index (χ0) is 8.43. The van der Waals surface area contributed by atoms with Crippen molar-refractivity contribution in [2.75, 3.05) is 27.2 Å². The fraction of sp³-hybridized carbons (Fsp3) is 0.714. The maximum Gasteiger partial charge on any atom is 0.0474 e. The monoisotopic (exact) mass is 188 g/mol. The average Bonchev–Trinajstić information content (AvgIpc) is 1.99. The largest absolute Gasteiger partial charge is 0.237 e. The Hall–Kier alpha value is 0.0500. The summed E-state index contributed by atoms with van der Waals surface area (Å²) in [6.07, 6.45) is 5.34. The normalized spacial score (nSPS) is 35.0. The molecule has 0 aromatic rings. The van der Waals surface area contributed by atoms with Gasteiger partial charge in [-0.3, -0.25) is 0 Å². The minimum atomic E-state index is -0.148. The Kier molecular flexibility index (Phi) is 3.02. The molecule has 11 heavy (non-hydrogen) atoms. The summed E-state index contributed by atoms with van der Waals surface area (Å²) in [5, 5.41) is 0. The lowest BCUT2D eigenvalue weighted by atomic mass is 10.1. The van der Waals surface area contributed by atoms with E-state index in [9.17, 15) is 0 Å². The predicted molar refractivity (Wildman–Crippen MR) is 52.3 cm³/mol. The number of terminal acetylenes is 1. The van der Waals surface area contributed by atoms with Crippen LogP contribution in [0.25, 0.3) is 0 Å². The summed E-state index contributed by atoms with van der Waals surface area (Å²) in [5.41, 5.74) is 0. The molecule has 0 aromatic carbocycles. The molecule has 0 aromatic heterocycles. The van der Waals surface area contributed by atoms with E-state index < -0.39 is 0 Å². The Balaban J connectivity index is 2.63. The fourth-order valence-electron chi connectivity index (χ4n) is 1.15. The quantitative estimate of drug-likeness (QED) is 0.495. The van der Waals surface area contributed by atoms with Gasteiger partial charge in [0.2, 0.25) is 0 Å². The van der Waals surface area contributed by atoms with E-state index >= 15 is 0 Å². The molecule has 1 heterocycles. The third-order valence-corrected chi connectivity index (χ3v) is 4.62. The molecule has 0 N–H and O–H groups in total. The first-order chi connectivity index (χ1) is 5.15. The van der Waals surface area contributed by atoms with Gasteiger partial charge in [-0.2, -0.15) is 0 Å². The predicted octanol–water partition coefficient (Wildman–Crippen LogP) is 0.0232. The van der Waals surface area contributed by atoms with Crippen LogP contribution in [0.2, 0.25) is 0 Å². The fourth-order valence-corrected chi connectivity index (χ4v) is 2.61. The van der Waals surface area contributed by atoms with Crippen molar-refractivity contribution >= 4 is 21.0 Å². The zero-order valence-electron chi connectivity index (χ0n) is 6.78. The molecule has 0 saturated carbocycles. The molecule has 4 heteroatoms. The summed E-state index contributed by atoms with van der Waals surface area (Å²) in [5.74, 6) is 3.10. The lowest BCUT2D eigenvalue weighted by molar-refractivity contribution is 0.355. The van der Waals surface area contributed by atoms with Gasteiger partial charge in [-0.25, -0.2) is 8.61 Å². The first-order valence-corrected chi connectivity index (χ1v) is 5.52. The molecule has 1 saturated heterocycles. The maximum absolute atomic E-state index is 5.34. The van der Waals surface area contributed by atoms with Gasteiger partial charge in [0, 0.05) is 28.8 Å².